The predicted molar refractivity (Wildman–Crippen MR) is 90.3 cm³/mol. The second-order valence-electron chi connectivity index (χ2n) is 5.86. The van der Waals surface area contributed by atoms with Crippen molar-refractivity contribution >= 4 is 23.6 Å². The largest absolute Gasteiger partial charge is 0.389 e. The summed E-state index contributed by atoms with van der Waals surface area (Å²) in [5.41, 5.74) is 0.371. The molecular weight excluding hydrogens is 314 g/mol. The van der Waals surface area contributed by atoms with Crippen molar-refractivity contribution < 1.29 is 14.7 Å². The van der Waals surface area contributed by atoms with E-state index in [1.165, 1.54) is 0 Å². The van der Waals surface area contributed by atoms with Crippen molar-refractivity contribution in [1.29, 1.82) is 0 Å². The number of carbonyl (C=O) groups is 2. The molecular formula is C16H23N3O3S. The highest BCUT2D eigenvalue weighted by Crippen LogP contribution is 2.15. The second kappa shape index (κ2) is 8.31. The van der Waals surface area contributed by atoms with Crippen molar-refractivity contribution in [2.24, 2.45) is 0 Å². The molecule has 0 saturated carbocycles. The van der Waals surface area contributed by atoms with Gasteiger partial charge in [-0.05, 0) is 23.8 Å². The first kappa shape index (κ1) is 17.7. The smallest absolute Gasteiger partial charge is 0.272 e. The third kappa shape index (κ3) is 5.21. The third-order valence-corrected chi connectivity index (χ3v) is 4.74. The van der Waals surface area contributed by atoms with E-state index in [1.807, 2.05) is 13.8 Å². The molecule has 1 saturated heterocycles. The Morgan fingerprint density at radius 1 is 1.48 bits per heavy atom. The molecule has 1 aromatic rings. The number of hydrogen-bond donors (Lipinski definition) is 2. The molecule has 0 bridgehead atoms. The number of thioether (sulfide) groups is 1. The Morgan fingerprint density at radius 2 is 2.26 bits per heavy atom. The quantitative estimate of drug-likeness (QED) is 0.835. The molecule has 1 fully saturated rings. The molecule has 23 heavy (non-hydrogen) atoms. The van der Waals surface area contributed by atoms with Crippen molar-refractivity contribution in [3.63, 3.8) is 0 Å². The topological polar surface area (TPSA) is 82.5 Å². The summed E-state index contributed by atoms with van der Waals surface area (Å²) >= 11 is 1.57. The Labute approximate surface area is 140 Å². The van der Waals surface area contributed by atoms with Crippen LogP contribution in [0.3, 0.4) is 0 Å². The molecule has 0 radical (unpaired) electrons. The van der Waals surface area contributed by atoms with E-state index in [4.69, 9.17) is 0 Å². The number of β-amino-alcohol motifs (C(OH)–C–C–N with tert-alkyl or cyclic N) is 1. The van der Waals surface area contributed by atoms with Crippen LogP contribution < -0.4 is 5.32 Å². The van der Waals surface area contributed by atoms with E-state index >= 15 is 0 Å². The van der Waals surface area contributed by atoms with Gasteiger partial charge >= 0.3 is 0 Å². The minimum Gasteiger partial charge on any atom is -0.389 e. The summed E-state index contributed by atoms with van der Waals surface area (Å²) in [5, 5.41) is 13.5. The lowest BCUT2D eigenvalue weighted by atomic mass is 10.0. The summed E-state index contributed by atoms with van der Waals surface area (Å²) < 4.78 is 0. The van der Waals surface area contributed by atoms with Crippen molar-refractivity contribution in [2.45, 2.75) is 37.7 Å². The molecule has 0 spiro atoms. The van der Waals surface area contributed by atoms with Crippen molar-refractivity contribution in [1.82, 2.24) is 15.2 Å². The molecule has 126 valence electrons. The minimum absolute atomic E-state index is 0.0720. The maximum Gasteiger partial charge on any atom is 0.272 e. The Morgan fingerprint density at radius 3 is 2.87 bits per heavy atom. The van der Waals surface area contributed by atoms with E-state index in [-0.39, 0.29) is 24.4 Å². The molecule has 2 amide bonds. The van der Waals surface area contributed by atoms with Crippen LogP contribution in [0.5, 0.6) is 0 Å². The molecule has 2 N–H and O–H groups in total. The van der Waals surface area contributed by atoms with Crippen LogP contribution in [0.25, 0.3) is 0 Å². The van der Waals surface area contributed by atoms with Gasteiger partial charge < -0.3 is 15.3 Å². The number of aliphatic hydroxyl groups is 1. The first-order valence-corrected chi connectivity index (χ1v) is 8.81. The molecule has 0 aromatic carbocycles. The maximum atomic E-state index is 12.3. The fraction of sp³-hybridized carbons (Fsp3) is 0.562. The van der Waals surface area contributed by atoms with Gasteiger partial charge in [-0.2, -0.15) is 0 Å². The van der Waals surface area contributed by atoms with E-state index in [2.05, 4.69) is 10.3 Å². The standard InChI is InChI=1S/C16H23N3O3S/c1-11(2)23-10-15(21)18-12-6-8-19(9-14(12)20)16(22)13-5-3-4-7-17-13/h3-5,7,11-12,14,20H,6,8-10H2,1-2H3,(H,18,21)/t12-,14-/m1/s1. The van der Waals surface area contributed by atoms with Crippen LogP contribution in [-0.2, 0) is 4.79 Å². The number of likely N-dealkylation sites (tertiary alicyclic amines) is 1. The lowest BCUT2D eigenvalue weighted by Gasteiger charge is -2.36. The summed E-state index contributed by atoms with van der Waals surface area (Å²) in [4.78, 5) is 29.8. The van der Waals surface area contributed by atoms with E-state index < -0.39 is 6.10 Å². The highest BCUT2D eigenvalue weighted by molar-refractivity contribution is 8.00. The molecule has 2 rings (SSSR count). The first-order valence-electron chi connectivity index (χ1n) is 7.76. The summed E-state index contributed by atoms with van der Waals surface area (Å²) in [6, 6.07) is 4.87. The minimum atomic E-state index is -0.760. The fourth-order valence-corrected chi connectivity index (χ4v) is 2.99. The van der Waals surface area contributed by atoms with Crippen molar-refractivity contribution in [3.8, 4) is 0 Å². The van der Waals surface area contributed by atoms with Gasteiger partial charge in [0.05, 0.1) is 17.9 Å². The average molecular weight is 337 g/mol. The van der Waals surface area contributed by atoms with Gasteiger partial charge in [0.2, 0.25) is 5.91 Å². The van der Waals surface area contributed by atoms with Crippen LogP contribution in [0.1, 0.15) is 30.8 Å². The van der Waals surface area contributed by atoms with Gasteiger partial charge in [-0.1, -0.05) is 19.9 Å². The lowest BCUT2D eigenvalue weighted by molar-refractivity contribution is -0.120. The van der Waals surface area contributed by atoms with Gasteiger partial charge in [-0.3, -0.25) is 14.6 Å². The Balaban J connectivity index is 1.85. The number of carbonyl (C=O) groups excluding carboxylic acids is 2. The van der Waals surface area contributed by atoms with E-state index in [9.17, 15) is 14.7 Å². The van der Waals surface area contributed by atoms with Crippen LogP contribution in [0.2, 0.25) is 0 Å². The van der Waals surface area contributed by atoms with Crippen molar-refractivity contribution in [3.05, 3.63) is 30.1 Å². The summed E-state index contributed by atoms with van der Waals surface area (Å²) in [6.07, 6.45) is 1.35. The highest BCUT2D eigenvalue weighted by Gasteiger charge is 2.31. The summed E-state index contributed by atoms with van der Waals surface area (Å²) in [5.74, 6) is 0.124. The highest BCUT2D eigenvalue weighted by atomic mass is 32.2. The first-order chi connectivity index (χ1) is 11.0. The van der Waals surface area contributed by atoms with Gasteiger partial charge in [0.25, 0.3) is 5.91 Å². The SMILES string of the molecule is CC(C)SCC(=O)N[C@@H]1CCN(C(=O)c2ccccn2)C[C@H]1O. The number of piperidine rings is 1. The van der Waals surface area contributed by atoms with E-state index in [1.54, 1.807) is 41.1 Å². The van der Waals surface area contributed by atoms with Gasteiger partial charge in [-0.25, -0.2) is 0 Å². The number of aliphatic hydroxyl groups excluding tert-OH is 1. The zero-order valence-electron chi connectivity index (χ0n) is 13.4. The molecule has 1 aliphatic heterocycles. The molecule has 7 heteroatoms. The maximum absolute atomic E-state index is 12.3. The number of amides is 2. The number of pyridine rings is 1. The summed E-state index contributed by atoms with van der Waals surface area (Å²) in [7, 11) is 0. The van der Waals surface area contributed by atoms with Crippen LogP contribution in [0, 0.1) is 0 Å². The normalized spacial score (nSPS) is 21.3. The second-order valence-corrected chi connectivity index (χ2v) is 7.42. The molecule has 0 unspecified atom stereocenters. The monoisotopic (exact) mass is 337 g/mol. The molecule has 2 heterocycles. The van der Waals surface area contributed by atoms with Crippen LogP contribution in [0.15, 0.2) is 24.4 Å². The zero-order chi connectivity index (χ0) is 16.8. The zero-order valence-corrected chi connectivity index (χ0v) is 14.3. The molecule has 2 atom stereocenters. The Kier molecular flexibility index (Phi) is 6.41. The van der Waals surface area contributed by atoms with Gasteiger partial charge in [0.15, 0.2) is 0 Å². The Hall–Kier alpha value is -1.60. The molecule has 0 aliphatic carbocycles. The van der Waals surface area contributed by atoms with E-state index in [0.717, 1.165) is 0 Å². The predicted octanol–water partition coefficient (Wildman–Crippen LogP) is 0.915. The van der Waals surface area contributed by atoms with E-state index in [0.29, 0.717) is 29.7 Å². The van der Waals surface area contributed by atoms with Gasteiger partial charge in [-0.15, -0.1) is 11.8 Å². The number of nitrogens with one attached hydrogen (secondary N) is 1. The average Bonchev–Trinajstić information content (AvgIpc) is 2.55. The van der Waals surface area contributed by atoms with Crippen LogP contribution in [0.4, 0.5) is 0 Å². The number of nitrogens with zero attached hydrogens (tertiary/aromatic N) is 2. The van der Waals surface area contributed by atoms with Gasteiger partial charge in [0, 0.05) is 19.3 Å². The number of rotatable bonds is 5. The fourth-order valence-electron chi connectivity index (χ4n) is 2.43. The number of hydrogen-bond acceptors (Lipinski definition) is 5. The number of aromatic nitrogens is 1. The molecule has 6 nitrogen and oxygen atoms in total. The van der Waals surface area contributed by atoms with Crippen LogP contribution >= 0.6 is 11.8 Å². The third-order valence-electron chi connectivity index (χ3n) is 3.65. The van der Waals surface area contributed by atoms with Crippen LogP contribution in [-0.4, -0.2) is 63.0 Å². The molecule has 1 aliphatic rings. The Bertz CT molecular complexity index is 539. The summed E-state index contributed by atoms with van der Waals surface area (Å²) in [6.45, 7) is 4.77. The van der Waals surface area contributed by atoms with Gasteiger partial charge in [0.1, 0.15) is 5.69 Å². The molecule has 1 aromatic heterocycles. The lowest BCUT2D eigenvalue weighted by Crippen LogP contribution is -2.55. The van der Waals surface area contributed by atoms with Crippen molar-refractivity contribution in [2.75, 3.05) is 18.8 Å².